The van der Waals surface area contributed by atoms with Crippen molar-refractivity contribution in [3.63, 3.8) is 0 Å². The van der Waals surface area contributed by atoms with Crippen molar-refractivity contribution in [2.45, 2.75) is 32.6 Å². The molecule has 0 bridgehead atoms. The second kappa shape index (κ2) is 6.72. The summed E-state index contributed by atoms with van der Waals surface area (Å²) in [5.41, 5.74) is 2.00. The molecule has 1 aromatic heterocycles. The van der Waals surface area contributed by atoms with Gasteiger partial charge < -0.3 is 9.84 Å². The summed E-state index contributed by atoms with van der Waals surface area (Å²) in [6.07, 6.45) is 0.671. The first-order valence-electron chi connectivity index (χ1n) is 6.87. The van der Waals surface area contributed by atoms with Crippen molar-refractivity contribution in [1.29, 1.82) is 0 Å². The fourth-order valence-electron chi connectivity index (χ4n) is 2.09. The van der Waals surface area contributed by atoms with Crippen molar-refractivity contribution >= 4 is 17.3 Å². The molecular weight excluding hydrogens is 286 g/mol. The van der Waals surface area contributed by atoms with E-state index in [1.807, 2.05) is 24.3 Å². The van der Waals surface area contributed by atoms with E-state index in [-0.39, 0.29) is 12.3 Å². The fraction of sp³-hybridized carbons (Fsp3) is 0.375. The number of hydrogen-bond acceptors (Lipinski definition) is 4. The van der Waals surface area contributed by atoms with Crippen LogP contribution in [0.1, 0.15) is 36.8 Å². The van der Waals surface area contributed by atoms with Gasteiger partial charge in [0, 0.05) is 10.4 Å². The number of aliphatic carboxylic acids is 1. The highest BCUT2D eigenvalue weighted by Gasteiger charge is 2.16. The number of carboxylic acids is 1. The number of rotatable bonds is 6. The van der Waals surface area contributed by atoms with Crippen molar-refractivity contribution in [3.05, 3.63) is 34.8 Å². The van der Waals surface area contributed by atoms with Crippen LogP contribution in [0.4, 0.5) is 0 Å². The average molecular weight is 305 g/mol. The van der Waals surface area contributed by atoms with Crippen LogP contribution in [-0.2, 0) is 11.2 Å². The molecule has 2 aromatic rings. The lowest BCUT2D eigenvalue weighted by Crippen LogP contribution is -1.99. The number of methoxy groups -OCH3 is 1. The van der Waals surface area contributed by atoms with Crippen LogP contribution >= 0.6 is 11.3 Å². The Morgan fingerprint density at radius 3 is 2.81 bits per heavy atom. The zero-order chi connectivity index (χ0) is 15.4. The maximum atomic E-state index is 10.8. The quantitative estimate of drug-likeness (QED) is 0.877. The molecule has 0 radical (unpaired) electrons. The van der Waals surface area contributed by atoms with E-state index in [9.17, 15) is 4.79 Å². The number of ether oxygens (including phenoxy) is 1. The average Bonchev–Trinajstić information content (AvgIpc) is 2.89. The number of hydrogen-bond donors (Lipinski definition) is 1. The first-order chi connectivity index (χ1) is 10.0. The van der Waals surface area contributed by atoms with Gasteiger partial charge in [-0.2, -0.15) is 0 Å². The third-order valence-corrected chi connectivity index (χ3v) is 4.34. The molecule has 0 amide bonds. The predicted octanol–water partition coefficient (Wildman–Crippen LogP) is 3.96. The minimum atomic E-state index is -0.777. The maximum Gasteiger partial charge on any atom is 0.303 e. The molecule has 112 valence electrons. The second-order valence-corrected chi connectivity index (χ2v) is 6.19. The highest BCUT2D eigenvalue weighted by molar-refractivity contribution is 7.15. The smallest absolute Gasteiger partial charge is 0.303 e. The van der Waals surface area contributed by atoms with E-state index in [0.29, 0.717) is 6.42 Å². The zero-order valence-corrected chi connectivity index (χ0v) is 13.2. The zero-order valence-electron chi connectivity index (χ0n) is 12.4. The summed E-state index contributed by atoms with van der Waals surface area (Å²) in [5, 5.41) is 9.78. The van der Waals surface area contributed by atoms with Crippen LogP contribution in [0.5, 0.6) is 5.75 Å². The normalized spacial score (nSPS) is 10.9. The SMILES string of the molecule is COc1cccc(-c2nc(C(C)C)c(CCC(=O)O)s2)c1. The van der Waals surface area contributed by atoms with Gasteiger partial charge in [0.25, 0.3) is 0 Å². The molecule has 0 saturated heterocycles. The highest BCUT2D eigenvalue weighted by atomic mass is 32.1. The summed E-state index contributed by atoms with van der Waals surface area (Å²) in [6.45, 7) is 4.16. The third kappa shape index (κ3) is 3.82. The van der Waals surface area contributed by atoms with Crippen molar-refractivity contribution in [2.24, 2.45) is 0 Å². The van der Waals surface area contributed by atoms with Crippen LogP contribution in [0.15, 0.2) is 24.3 Å². The molecule has 1 heterocycles. The minimum absolute atomic E-state index is 0.138. The van der Waals surface area contributed by atoms with Crippen molar-refractivity contribution in [3.8, 4) is 16.3 Å². The lowest BCUT2D eigenvalue weighted by molar-refractivity contribution is -0.136. The van der Waals surface area contributed by atoms with Crippen molar-refractivity contribution in [1.82, 2.24) is 4.98 Å². The molecule has 0 aliphatic rings. The molecule has 1 aromatic carbocycles. The van der Waals surface area contributed by atoms with Crippen LogP contribution in [0.2, 0.25) is 0 Å². The molecule has 2 rings (SSSR count). The number of carboxylic acid groups (broad SMARTS) is 1. The molecule has 21 heavy (non-hydrogen) atoms. The first kappa shape index (κ1) is 15.5. The topological polar surface area (TPSA) is 59.4 Å². The second-order valence-electron chi connectivity index (χ2n) is 5.11. The van der Waals surface area contributed by atoms with Gasteiger partial charge in [0.1, 0.15) is 10.8 Å². The molecule has 5 heteroatoms. The summed E-state index contributed by atoms with van der Waals surface area (Å²) >= 11 is 1.57. The Bertz CT molecular complexity index is 634. The molecule has 0 atom stereocenters. The third-order valence-electron chi connectivity index (χ3n) is 3.16. The van der Waals surface area contributed by atoms with Crippen molar-refractivity contribution in [2.75, 3.05) is 7.11 Å². The van der Waals surface area contributed by atoms with Gasteiger partial charge in [-0.15, -0.1) is 11.3 Å². The Morgan fingerprint density at radius 2 is 2.19 bits per heavy atom. The largest absolute Gasteiger partial charge is 0.497 e. The van der Waals surface area contributed by atoms with Gasteiger partial charge in [-0.25, -0.2) is 4.98 Å². The Morgan fingerprint density at radius 1 is 1.43 bits per heavy atom. The molecule has 0 saturated carbocycles. The predicted molar refractivity (Wildman–Crippen MR) is 84.1 cm³/mol. The lowest BCUT2D eigenvalue weighted by atomic mass is 10.1. The van der Waals surface area contributed by atoms with Gasteiger partial charge in [0.15, 0.2) is 0 Å². The van der Waals surface area contributed by atoms with Crippen LogP contribution in [0.3, 0.4) is 0 Å². The number of carbonyl (C=O) groups is 1. The van der Waals surface area contributed by atoms with Gasteiger partial charge >= 0.3 is 5.97 Å². The van der Waals surface area contributed by atoms with Crippen LogP contribution in [0, 0.1) is 0 Å². The van der Waals surface area contributed by atoms with Gasteiger partial charge in [-0.05, 0) is 24.5 Å². The first-order valence-corrected chi connectivity index (χ1v) is 7.68. The molecular formula is C16H19NO3S. The monoisotopic (exact) mass is 305 g/mol. The van der Waals surface area contributed by atoms with E-state index in [4.69, 9.17) is 14.8 Å². The summed E-state index contributed by atoms with van der Waals surface area (Å²) < 4.78 is 5.24. The molecule has 1 N–H and O–H groups in total. The van der Waals surface area contributed by atoms with E-state index in [1.54, 1.807) is 18.4 Å². The summed E-state index contributed by atoms with van der Waals surface area (Å²) in [7, 11) is 1.64. The molecule has 0 spiro atoms. The van der Waals surface area contributed by atoms with E-state index < -0.39 is 5.97 Å². The lowest BCUT2D eigenvalue weighted by Gasteiger charge is -2.03. The van der Waals surface area contributed by atoms with Crippen LogP contribution in [0.25, 0.3) is 10.6 Å². The van der Waals surface area contributed by atoms with E-state index in [1.165, 1.54) is 0 Å². The van der Waals surface area contributed by atoms with E-state index >= 15 is 0 Å². The number of aromatic nitrogens is 1. The Hall–Kier alpha value is -1.88. The number of aryl methyl sites for hydroxylation is 1. The van der Waals surface area contributed by atoms with Gasteiger partial charge in [-0.1, -0.05) is 26.0 Å². The Labute approximate surface area is 128 Å². The minimum Gasteiger partial charge on any atom is -0.497 e. The molecule has 0 aliphatic carbocycles. The van der Waals surface area contributed by atoms with E-state index in [0.717, 1.165) is 26.9 Å². The van der Waals surface area contributed by atoms with Gasteiger partial charge in [0.2, 0.25) is 0 Å². The Balaban J connectivity index is 2.35. The number of benzene rings is 1. The molecule has 0 aliphatic heterocycles. The number of thiazole rings is 1. The highest BCUT2D eigenvalue weighted by Crippen LogP contribution is 2.33. The van der Waals surface area contributed by atoms with E-state index in [2.05, 4.69) is 13.8 Å². The van der Waals surface area contributed by atoms with Gasteiger partial charge in [-0.3, -0.25) is 4.79 Å². The summed E-state index contributed by atoms with van der Waals surface area (Å²) in [6, 6.07) is 7.77. The maximum absolute atomic E-state index is 10.8. The van der Waals surface area contributed by atoms with Crippen LogP contribution in [-0.4, -0.2) is 23.2 Å². The van der Waals surface area contributed by atoms with Crippen molar-refractivity contribution < 1.29 is 14.6 Å². The Kier molecular flexibility index (Phi) is 4.96. The molecule has 4 nitrogen and oxygen atoms in total. The van der Waals surface area contributed by atoms with Gasteiger partial charge in [0.05, 0.1) is 19.2 Å². The number of nitrogens with zero attached hydrogens (tertiary/aromatic N) is 1. The summed E-state index contributed by atoms with van der Waals surface area (Å²) in [4.78, 5) is 16.5. The molecule has 0 fully saturated rings. The van der Waals surface area contributed by atoms with Crippen LogP contribution < -0.4 is 4.74 Å². The standard InChI is InChI=1S/C16H19NO3S/c1-10(2)15-13(7-8-14(18)19)21-16(17-15)11-5-4-6-12(9-11)20-3/h4-6,9-10H,7-8H2,1-3H3,(H,18,19). The fourth-order valence-corrected chi connectivity index (χ4v) is 3.31. The summed E-state index contributed by atoms with van der Waals surface area (Å²) in [5.74, 6) is 0.298. The molecule has 0 unspecified atom stereocenters.